The first-order valence-electron chi connectivity index (χ1n) is 8.43. The van der Waals surface area contributed by atoms with Crippen LogP contribution in [0.25, 0.3) is 0 Å². The summed E-state index contributed by atoms with van der Waals surface area (Å²) < 4.78 is 2.12. The van der Waals surface area contributed by atoms with Crippen LogP contribution >= 0.6 is 0 Å². The maximum atomic E-state index is 12.2. The monoisotopic (exact) mass is 344 g/mol. The van der Waals surface area contributed by atoms with Gasteiger partial charge in [0, 0.05) is 39.0 Å². The van der Waals surface area contributed by atoms with E-state index in [0.29, 0.717) is 24.1 Å². The molecule has 1 atom stereocenters. The van der Waals surface area contributed by atoms with Crippen LogP contribution in [0.4, 0.5) is 16.4 Å². The van der Waals surface area contributed by atoms with Gasteiger partial charge in [-0.2, -0.15) is 0 Å². The minimum absolute atomic E-state index is 0.0444. The number of amides is 2. The van der Waals surface area contributed by atoms with Crippen molar-refractivity contribution in [1.82, 2.24) is 30.0 Å². The van der Waals surface area contributed by atoms with Crippen molar-refractivity contribution in [3.05, 3.63) is 24.0 Å². The molecule has 0 fully saturated rings. The third-order valence-corrected chi connectivity index (χ3v) is 4.12. The Morgan fingerprint density at radius 1 is 1.28 bits per heavy atom. The fourth-order valence-corrected chi connectivity index (χ4v) is 2.86. The van der Waals surface area contributed by atoms with E-state index in [9.17, 15) is 4.79 Å². The number of carbonyl (C=O) groups is 1. The van der Waals surface area contributed by atoms with Crippen molar-refractivity contribution < 1.29 is 4.79 Å². The van der Waals surface area contributed by atoms with Gasteiger partial charge < -0.3 is 20.1 Å². The lowest BCUT2D eigenvalue weighted by Crippen LogP contribution is -2.43. The molecule has 1 aliphatic heterocycles. The van der Waals surface area contributed by atoms with Gasteiger partial charge in [-0.25, -0.2) is 14.8 Å². The summed E-state index contributed by atoms with van der Waals surface area (Å²) in [6, 6.07) is -0.211. The molecule has 0 aromatic carbocycles. The fraction of sp³-hybridized carbons (Fsp3) is 0.562. The predicted molar refractivity (Wildman–Crippen MR) is 94.7 cm³/mol. The standard InChI is InChI=1S/C16H24N8O/c1-10(2)14-22-21-13-6-5-11(9-24(13)14)19-16(25)20-12-7-17-15(18-8-12)23(3)4/h7-8,10-11H,5-6,9H2,1-4H3,(H2,19,20,25)/t11-/m0/s1. The zero-order valence-electron chi connectivity index (χ0n) is 15.0. The molecule has 134 valence electrons. The van der Waals surface area contributed by atoms with E-state index >= 15 is 0 Å². The number of aromatic nitrogens is 5. The molecule has 0 saturated heterocycles. The molecule has 9 nitrogen and oxygen atoms in total. The molecule has 2 aromatic heterocycles. The normalized spacial score (nSPS) is 16.4. The second kappa shape index (κ2) is 7.04. The third-order valence-electron chi connectivity index (χ3n) is 4.12. The van der Waals surface area contributed by atoms with Gasteiger partial charge in [0.15, 0.2) is 0 Å². The molecule has 2 aromatic rings. The highest BCUT2D eigenvalue weighted by molar-refractivity contribution is 5.89. The molecule has 2 N–H and O–H groups in total. The number of aryl methyl sites for hydroxylation is 1. The lowest BCUT2D eigenvalue weighted by Gasteiger charge is -2.26. The number of nitrogens with one attached hydrogen (secondary N) is 2. The van der Waals surface area contributed by atoms with Crippen molar-refractivity contribution in [1.29, 1.82) is 0 Å². The summed E-state index contributed by atoms with van der Waals surface area (Å²) >= 11 is 0. The number of hydrogen-bond acceptors (Lipinski definition) is 6. The average molecular weight is 344 g/mol. The first-order valence-corrected chi connectivity index (χ1v) is 8.43. The Bertz CT molecular complexity index is 737. The van der Waals surface area contributed by atoms with E-state index < -0.39 is 0 Å². The maximum absolute atomic E-state index is 12.2. The van der Waals surface area contributed by atoms with Crippen LogP contribution in [0.2, 0.25) is 0 Å². The van der Waals surface area contributed by atoms with Gasteiger partial charge in [0.1, 0.15) is 11.6 Å². The van der Waals surface area contributed by atoms with Gasteiger partial charge in [-0.3, -0.25) is 0 Å². The molecular weight excluding hydrogens is 320 g/mol. The van der Waals surface area contributed by atoms with E-state index in [1.807, 2.05) is 14.1 Å². The summed E-state index contributed by atoms with van der Waals surface area (Å²) in [7, 11) is 3.73. The van der Waals surface area contributed by atoms with E-state index in [1.165, 1.54) is 0 Å². The molecule has 1 aliphatic rings. The summed E-state index contributed by atoms with van der Waals surface area (Å²) in [6.45, 7) is 4.89. The van der Waals surface area contributed by atoms with E-state index in [4.69, 9.17) is 0 Å². The van der Waals surface area contributed by atoms with E-state index in [-0.39, 0.29) is 12.1 Å². The number of hydrogen-bond donors (Lipinski definition) is 2. The van der Waals surface area contributed by atoms with Gasteiger partial charge >= 0.3 is 6.03 Å². The van der Waals surface area contributed by atoms with Gasteiger partial charge in [0.2, 0.25) is 5.95 Å². The number of nitrogens with zero attached hydrogens (tertiary/aromatic N) is 6. The molecule has 3 heterocycles. The van der Waals surface area contributed by atoms with E-state index in [2.05, 4.69) is 49.2 Å². The van der Waals surface area contributed by atoms with Crippen LogP contribution in [-0.4, -0.2) is 50.9 Å². The van der Waals surface area contributed by atoms with Gasteiger partial charge in [0.05, 0.1) is 18.1 Å². The van der Waals surface area contributed by atoms with E-state index in [1.54, 1.807) is 17.3 Å². The summed E-state index contributed by atoms with van der Waals surface area (Å²) in [5.41, 5.74) is 0.562. The molecule has 25 heavy (non-hydrogen) atoms. The quantitative estimate of drug-likeness (QED) is 0.869. The Morgan fingerprint density at radius 3 is 2.64 bits per heavy atom. The molecule has 0 bridgehead atoms. The second-order valence-electron chi connectivity index (χ2n) is 6.74. The SMILES string of the molecule is CC(C)c1nnc2n1C[C@@H](NC(=O)Nc1cnc(N(C)C)nc1)CC2. The molecule has 3 rings (SSSR count). The molecular formula is C16H24N8O. The maximum Gasteiger partial charge on any atom is 0.319 e. The zero-order valence-corrected chi connectivity index (χ0v) is 15.0. The Labute approximate surface area is 146 Å². The van der Waals surface area contributed by atoms with Gasteiger partial charge in [-0.05, 0) is 6.42 Å². The number of rotatable bonds is 4. The third kappa shape index (κ3) is 3.86. The van der Waals surface area contributed by atoms with Crippen LogP contribution in [0.15, 0.2) is 12.4 Å². The molecule has 2 amide bonds. The number of anilines is 2. The summed E-state index contributed by atoms with van der Waals surface area (Å²) in [6.07, 6.45) is 4.85. The molecule has 0 saturated carbocycles. The van der Waals surface area contributed by atoms with Crippen LogP contribution in [0.3, 0.4) is 0 Å². The lowest BCUT2D eigenvalue weighted by atomic mass is 10.1. The Hall–Kier alpha value is -2.71. The molecule has 0 unspecified atom stereocenters. The summed E-state index contributed by atoms with van der Waals surface area (Å²) in [5, 5.41) is 14.3. The van der Waals surface area contributed by atoms with Crippen molar-refractivity contribution in [3.8, 4) is 0 Å². The van der Waals surface area contributed by atoms with Crippen molar-refractivity contribution in [3.63, 3.8) is 0 Å². The van der Waals surface area contributed by atoms with Crippen LogP contribution in [0.5, 0.6) is 0 Å². The lowest BCUT2D eigenvalue weighted by molar-refractivity contribution is 0.244. The van der Waals surface area contributed by atoms with Crippen LogP contribution < -0.4 is 15.5 Å². The Balaban J connectivity index is 1.59. The molecule has 0 aliphatic carbocycles. The van der Waals surface area contributed by atoms with Gasteiger partial charge in [0.25, 0.3) is 0 Å². The molecule has 0 spiro atoms. The topological polar surface area (TPSA) is 101 Å². The minimum Gasteiger partial charge on any atom is -0.347 e. The molecule has 0 radical (unpaired) electrons. The van der Waals surface area contributed by atoms with Crippen molar-refractivity contribution in [2.75, 3.05) is 24.3 Å². The fourth-order valence-electron chi connectivity index (χ4n) is 2.86. The van der Waals surface area contributed by atoms with Crippen molar-refractivity contribution in [2.24, 2.45) is 0 Å². The van der Waals surface area contributed by atoms with Crippen LogP contribution in [-0.2, 0) is 13.0 Å². The predicted octanol–water partition coefficient (Wildman–Crippen LogP) is 1.39. The Morgan fingerprint density at radius 2 is 2.00 bits per heavy atom. The number of fused-ring (bicyclic) bond motifs is 1. The summed E-state index contributed by atoms with van der Waals surface area (Å²) in [4.78, 5) is 22.4. The number of carbonyl (C=O) groups excluding carboxylic acids is 1. The van der Waals surface area contributed by atoms with Gasteiger partial charge in [-0.15, -0.1) is 10.2 Å². The minimum atomic E-state index is -0.256. The first-order chi connectivity index (χ1) is 11.9. The zero-order chi connectivity index (χ0) is 18.0. The highest BCUT2D eigenvalue weighted by Crippen LogP contribution is 2.20. The van der Waals surface area contributed by atoms with E-state index in [0.717, 1.165) is 24.5 Å². The first kappa shape index (κ1) is 17.1. The Kier molecular flexibility index (Phi) is 4.82. The molecule has 9 heteroatoms. The van der Waals surface area contributed by atoms with Gasteiger partial charge in [-0.1, -0.05) is 13.8 Å². The summed E-state index contributed by atoms with van der Waals surface area (Å²) in [5.74, 6) is 2.87. The smallest absolute Gasteiger partial charge is 0.319 e. The van der Waals surface area contributed by atoms with Crippen molar-refractivity contribution >= 4 is 17.7 Å². The second-order valence-corrected chi connectivity index (χ2v) is 6.74. The van der Waals surface area contributed by atoms with Crippen molar-refractivity contribution in [2.45, 2.75) is 45.2 Å². The highest BCUT2D eigenvalue weighted by atomic mass is 16.2. The largest absolute Gasteiger partial charge is 0.347 e. The average Bonchev–Trinajstić information content (AvgIpc) is 2.98. The van der Waals surface area contributed by atoms with Crippen LogP contribution in [0, 0.1) is 0 Å². The van der Waals surface area contributed by atoms with Crippen LogP contribution in [0.1, 0.15) is 37.8 Å². The number of urea groups is 1. The highest BCUT2D eigenvalue weighted by Gasteiger charge is 2.25.